The minimum Gasteiger partial charge on any atom is -0.301 e. The second-order valence-corrected chi connectivity index (χ2v) is 7.03. The van der Waals surface area contributed by atoms with Crippen LogP contribution in [-0.4, -0.2) is 11.0 Å². The highest BCUT2D eigenvalue weighted by Gasteiger charge is 2.28. The minimum absolute atomic E-state index is 0.150. The Morgan fingerprint density at radius 1 is 1.47 bits per heavy atom. The van der Waals surface area contributed by atoms with Crippen LogP contribution in [0.4, 0.5) is 0 Å². The van der Waals surface area contributed by atoms with Crippen molar-refractivity contribution in [3.05, 3.63) is 49.3 Å². The van der Waals surface area contributed by atoms with Gasteiger partial charge in [-0.25, -0.2) is 4.98 Å². The van der Waals surface area contributed by atoms with Gasteiger partial charge in [-0.05, 0) is 53.4 Å². The van der Waals surface area contributed by atoms with E-state index in [1.54, 1.807) is 11.3 Å². The second kappa shape index (κ2) is 5.52. The molecule has 0 spiro atoms. The summed E-state index contributed by atoms with van der Waals surface area (Å²) in [6, 6.07) is 6.89. The van der Waals surface area contributed by atoms with Crippen LogP contribution in [0.3, 0.4) is 0 Å². The molecule has 100 valence electrons. The summed E-state index contributed by atoms with van der Waals surface area (Å²) < 4.78 is 0.929. The molecule has 1 atom stereocenters. The highest BCUT2D eigenvalue weighted by molar-refractivity contribution is 9.10. The van der Waals surface area contributed by atoms with Gasteiger partial charge < -0.3 is 5.32 Å². The zero-order valence-corrected chi connectivity index (χ0v) is 13.6. The standard InChI is InChI=1S/C14H14BrClN2S/c1-8-7-19-14(17-8)13(18-10-3-4-10)9-2-5-11(15)12(16)6-9/h2,5-7,10,13,18H,3-4H2,1H3. The molecule has 1 N–H and O–H groups in total. The van der Waals surface area contributed by atoms with Crippen LogP contribution in [0.25, 0.3) is 0 Å². The highest BCUT2D eigenvalue weighted by atomic mass is 79.9. The number of aryl methyl sites for hydroxylation is 1. The van der Waals surface area contributed by atoms with Gasteiger partial charge in [0, 0.05) is 21.6 Å². The molecular weight excluding hydrogens is 344 g/mol. The molecule has 5 heteroatoms. The van der Waals surface area contributed by atoms with E-state index >= 15 is 0 Å². The Morgan fingerprint density at radius 2 is 2.26 bits per heavy atom. The molecular formula is C14H14BrClN2S. The number of nitrogens with zero attached hydrogens (tertiary/aromatic N) is 1. The third-order valence-corrected chi connectivity index (χ3v) is 5.40. The Bertz CT molecular complexity index is 595. The highest BCUT2D eigenvalue weighted by Crippen LogP contribution is 2.33. The van der Waals surface area contributed by atoms with E-state index in [1.165, 1.54) is 18.4 Å². The minimum atomic E-state index is 0.150. The number of hydrogen-bond donors (Lipinski definition) is 1. The normalized spacial score (nSPS) is 16.6. The quantitative estimate of drug-likeness (QED) is 0.857. The fourth-order valence-corrected chi connectivity index (χ4v) is 3.31. The summed E-state index contributed by atoms with van der Waals surface area (Å²) in [5, 5.41) is 7.61. The molecule has 3 rings (SSSR count). The monoisotopic (exact) mass is 356 g/mol. The lowest BCUT2D eigenvalue weighted by molar-refractivity contribution is 0.597. The summed E-state index contributed by atoms with van der Waals surface area (Å²) in [5.41, 5.74) is 2.25. The van der Waals surface area contributed by atoms with E-state index in [0.29, 0.717) is 6.04 Å². The van der Waals surface area contributed by atoms with Gasteiger partial charge in [0.15, 0.2) is 0 Å². The Hall–Kier alpha value is -0.420. The van der Waals surface area contributed by atoms with Crippen LogP contribution in [0.5, 0.6) is 0 Å². The number of benzene rings is 1. The zero-order chi connectivity index (χ0) is 13.4. The molecule has 0 radical (unpaired) electrons. The molecule has 1 aromatic heterocycles. The van der Waals surface area contributed by atoms with Gasteiger partial charge in [0.25, 0.3) is 0 Å². The van der Waals surface area contributed by atoms with Crippen molar-refractivity contribution in [2.75, 3.05) is 0 Å². The van der Waals surface area contributed by atoms with Crippen molar-refractivity contribution >= 4 is 38.9 Å². The van der Waals surface area contributed by atoms with Gasteiger partial charge in [-0.15, -0.1) is 11.3 Å². The first kappa shape index (κ1) is 13.6. The fraction of sp³-hybridized carbons (Fsp3) is 0.357. The van der Waals surface area contributed by atoms with Gasteiger partial charge in [-0.2, -0.15) is 0 Å². The van der Waals surface area contributed by atoms with E-state index < -0.39 is 0 Å². The summed E-state index contributed by atoms with van der Waals surface area (Å²) >= 11 is 11.4. The summed E-state index contributed by atoms with van der Waals surface area (Å²) in [4.78, 5) is 4.62. The number of nitrogens with one attached hydrogen (secondary N) is 1. The molecule has 0 amide bonds. The fourth-order valence-electron chi connectivity index (χ4n) is 1.99. The maximum Gasteiger partial charge on any atom is 0.114 e. The summed E-state index contributed by atoms with van der Waals surface area (Å²) in [5.74, 6) is 0. The maximum atomic E-state index is 6.21. The van der Waals surface area contributed by atoms with Gasteiger partial charge in [-0.3, -0.25) is 0 Å². The molecule has 2 nitrogen and oxygen atoms in total. The Morgan fingerprint density at radius 3 is 2.84 bits per heavy atom. The van der Waals surface area contributed by atoms with E-state index in [4.69, 9.17) is 11.6 Å². The van der Waals surface area contributed by atoms with Gasteiger partial charge in [0.2, 0.25) is 0 Å². The molecule has 0 bridgehead atoms. The molecule has 2 aromatic rings. The number of aromatic nitrogens is 1. The van der Waals surface area contributed by atoms with Gasteiger partial charge >= 0.3 is 0 Å². The van der Waals surface area contributed by atoms with E-state index in [9.17, 15) is 0 Å². The van der Waals surface area contributed by atoms with Gasteiger partial charge in [0.05, 0.1) is 11.1 Å². The molecule has 1 unspecified atom stereocenters. The van der Waals surface area contributed by atoms with Crippen molar-refractivity contribution in [2.24, 2.45) is 0 Å². The van der Waals surface area contributed by atoms with Crippen LogP contribution in [-0.2, 0) is 0 Å². The largest absolute Gasteiger partial charge is 0.301 e. The summed E-state index contributed by atoms with van der Waals surface area (Å²) in [6.45, 7) is 2.03. The van der Waals surface area contributed by atoms with Gasteiger partial charge in [0.1, 0.15) is 5.01 Å². The SMILES string of the molecule is Cc1csc(C(NC2CC2)c2ccc(Br)c(Cl)c2)n1. The number of thiazole rings is 1. The van der Waals surface area contributed by atoms with Crippen LogP contribution < -0.4 is 5.32 Å². The van der Waals surface area contributed by atoms with Crippen LogP contribution in [0.2, 0.25) is 5.02 Å². The van der Waals surface area contributed by atoms with Crippen molar-refractivity contribution in [1.29, 1.82) is 0 Å². The first-order valence-electron chi connectivity index (χ1n) is 6.26. The molecule has 1 aliphatic rings. The average Bonchev–Trinajstić information content (AvgIpc) is 3.11. The smallest absolute Gasteiger partial charge is 0.114 e. The first-order chi connectivity index (χ1) is 9.13. The Labute approximate surface area is 130 Å². The van der Waals surface area contributed by atoms with Crippen LogP contribution in [0.1, 0.15) is 35.1 Å². The third kappa shape index (κ3) is 3.19. The maximum absolute atomic E-state index is 6.21. The molecule has 1 aliphatic carbocycles. The van der Waals surface area contributed by atoms with E-state index in [2.05, 4.69) is 37.7 Å². The zero-order valence-electron chi connectivity index (χ0n) is 10.5. The van der Waals surface area contributed by atoms with E-state index in [-0.39, 0.29) is 6.04 Å². The van der Waals surface area contributed by atoms with Crippen LogP contribution >= 0.6 is 38.9 Å². The second-order valence-electron chi connectivity index (χ2n) is 4.87. The van der Waals surface area contributed by atoms with Gasteiger partial charge in [-0.1, -0.05) is 17.7 Å². The Kier molecular flexibility index (Phi) is 3.94. The van der Waals surface area contributed by atoms with Crippen molar-refractivity contribution in [3.8, 4) is 0 Å². The topological polar surface area (TPSA) is 24.9 Å². The van der Waals surface area contributed by atoms with E-state index in [0.717, 1.165) is 20.2 Å². The predicted molar refractivity (Wildman–Crippen MR) is 84.0 cm³/mol. The van der Waals surface area contributed by atoms with Crippen molar-refractivity contribution in [2.45, 2.75) is 31.8 Å². The number of halogens is 2. The van der Waals surface area contributed by atoms with Crippen LogP contribution in [0.15, 0.2) is 28.1 Å². The average molecular weight is 358 g/mol. The van der Waals surface area contributed by atoms with Crippen molar-refractivity contribution in [1.82, 2.24) is 10.3 Å². The predicted octanol–water partition coefficient (Wildman–Crippen LogP) is 4.71. The molecule has 0 aliphatic heterocycles. The van der Waals surface area contributed by atoms with Crippen molar-refractivity contribution < 1.29 is 0 Å². The summed E-state index contributed by atoms with van der Waals surface area (Å²) in [7, 11) is 0. The molecule has 19 heavy (non-hydrogen) atoms. The third-order valence-electron chi connectivity index (χ3n) is 3.14. The molecule has 1 aromatic carbocycles. The lowest BCUT2D eigenvalue weighted by Crippen LogP contribution is -2.24. The lowest BCUT2D eigenvalue weighted by atomic mass is 10.1. The lowest BCUT2D eigenvalue weighted by Gasteiger charge is -2.17. The molecule has 1 heterocycles. The molecule has 1 fully saturated rings. The summed E-state index contributed by atoms with van der Waals surface area (Å²) in [6.07, 6.45) is 2.51. The van der Waals surface area contributed by atoms with Crippen molar-refractivity contribution in [3.63, 3.8) is 0 Å². The van der Waals surface area contributed by atoms with Crippen LogP contribution in [0, 0.1) is 6.92 Å². The molecule has 1 saturated carbocycles. The molecule has 0 saturated heterocycles. The first-order valence-corrected chi connectivity index (χ1v) is 8.31. The number of hydrogen-bond acceptors (Lipinski definition) is 3. The Balaban J connectivity index is 1.95. The number of rotatable bonds is 4. The van der Waals surface area contributed by atoms with E-state index in [1.807, 2.05) is 19.1 Å².